The Kier molecular flexibility index (Phi) is 5.48. The third-order valence-electron chi connectivity index (χ3n) is 8.49. The van der Waals surface area contributed by atoms with Gasteiger partial charge in [0.1, 0.15) is 0 Å². The van der Waals surface area contributed by atoms with E-state index in [1.165, 1.54) is 0 Å². The van der Waals surface area contributed by atoms with Gasteiger partial charge in [-0.2, -0.15) is 0 Å². The third kappa shape index (κ3) is 3.59. The van der Waals surface area contributed by atoms with Crippen molar-refractivity contribution >= 4 is 0 Å². The molecule has 154 valence electrons. The number of hydrogen-bond donors (Lipinski definition) is 2. The number of nitrogens with zero attached hydrogens (tertiary/aromatic N) is 2. The molecule has 2 aliphatic rings. The highest BCUT2D eigenvalue weighted by Crippen LogP contribution is 2.50. The lowest BCUT2D eigenvalue weighted by Crippen LogP contribution is -2.70. The predicted octanol–water partition coefficient (Wildman–Crippen LogP) is 3.44. The van der Waals surface area contributed by atoms with Gasteiger partial charge < -0.3 is 11.5 Å². The van der Waals surface area contributed by atoms with Gasteiger partial charge in [0.25, 0.3) is 0 Å². The molecule has 0 aromatic rings. The molecule has 0 bridgehead atoms. The van der Waals surface area contributed by atoms with E-state index in [0.29, 0.717) is 18.4 Å². The summed E-state index contributed by atoms with van der Waals surface area (Å²) in [7, 11) is 4.53. The zero-order valence-corrected chi connectivity index (χ0v) is 19.2. The normalized spacial score (nSPS) is 30.5. The maximum atomic E-state index is 7.26. The molecule has 0 saturated carbocycles. The molecule has 4 heteroatoms. The summed E-state index contributed by atoms with van der Waals surface area (Å²) >= 11 is 0. The Morgan fingerprint density at radius 3 is 1.12 bits per heavy atom. The smallest absolute Gasteiger partial charge is 0.0338 e. The molecule has 0 radical (unpaired) electrons. The topological polar surface area (TPSA) is 58.5 Å². The molecular formula is C22H46N4. The lowest BCUT2D eigenvalue weighted by atomic mass is 9.58. The summed E-state index contributed by atoms with van der Waals surface area (Å²) in [6, 6.07) is 0. The maximum Gasteiger partial charge on any atom is 0.0338 e. The molecule has 0 atom stereocenters. The largest absolute Gasteiger partial charge is 0.329 e. The monoisotopic (exact) mass is 366 g/mol. The van der Waals surface area contributed by atoms with Gasteiger partial charge in [0, 0.05) is 34.2 Å². The van der Waals surface area contributed by atoms with Gasteiger partial charge in [-0.1, -0.05) is 0 Å². The Balaban J connectivity index is 2.39. The SMILES string of the molecule is CN1C(C)(C)CC(C(N)(CN)C2CC(C)(C)N(C)C(C)(C)C2)CC1(C)C. The number of hydrogen-bond acceptors (Lipinski definition) is 4. The van der Waals surface area contributed by atoms with Crippen LogP contribution in [-0.2, 0) is 0 Å². The van der Waals surface area contributed by atoms with Gasteiger partial charge in [0.2, 0.25) is 0 Å². The van der Waals surface area contributed by atoms with Gasteiger partial charge >= 0.3 is 0 Å². The van der Waals surface area contributed by atoms with Gasteiger partial charge in [-0.25, -0.2) is 0 Å². The van der Waals surface area contributed by atoms with Crippen LogP contribution in [0.4, 0.5) is 0 Å². The van der Waals surface area contributed by atoms with Crippen molar-refractivity contribution in [2.24, 2.45) is 23.3 Å². The van der Waals surface area contributed by atoms with Crippen LogP contribution < -0.4 is 11.5 Å². The lowest BCUT2D eigenvalue weighted by molar-refractivity contribution is -0.0894. The fraction of sp³-hybridized carbons (Fsp3) is 1.00. The van der Waals surface area contributed by atoms with Crippen LogP contribution in [0.5, 0.6) is 0 Å². The minimum atomic E-state index is -0.300. The lowest BCUT2D eigenvalue weighted by Gasteiger charge is -2.61. The van der Waals surface area contributed by atoms with Crippen LogP contribution in [0.25, 0.3) is 0 Å². The Morgan fingerprint density at radius 1 is 0.692 bits per heavy atom. The summed E-state index contributed by atoms with van der Waals surface area (Å²) in [5.74, 6) is 0.905. The van der Waals surface area contributed by atoms with Crippen LogP contribution in [0, 0.1) is 11.8 Å². The highest BCUT2D eigenvalue weighted by atomic mass is 15.2. The molecule has 26 heavy (non-hydrogen) atoms. The summed E-state index contributed by atoms with van der Waals surface area (Å²) in [6.07, 6.45) is 4.48. The third-order valence-corrected chi connectivity index (χ3v) is 8.49. The van der Waals surface area contributed by atoms with Gasteiger partial charge in [-0.3, -0.25) is 9.80 Å². The van der Waals surface area contributed by atoms with E-state index in [9.17, 15) is 0 Å². The van der Waals surface area contributed by atoms with Crippen LogP contribution in [-0.4, -0.2) is 58.1 Å². The molecule has 0 unspecified atom stereocenters. The molecule has 0 aromatic heterocycles. The van der Waals surface area contributed by atoms with E-state index in [0.717, 1.165) is 25.7 Å². The number of piperidine rings is 2. The van der Waals surface area contributed by atoms with E-state index in [4.69, 9.17) is 11.5 Å². The number of rotatable bonds is 3. The Bertz CT molecular complexity index is 442. The second-order valence-electron chi connectivity index (χ2n) is 11.9. The van der Waals surface area contributed by atoms with Crippen molar-refractivity contribution in [2.75, 3.05) is 20.6 Å². The molecular weight excluding hydrogens is 320 g/mol. The Labute approximate surface area is 163 Å². The van der Waals surface area contributed by atoms with Crippen molar-refractivity contribution in [3.8, 4) is 0 Å². The first-order valence-corrected chi connectivity index (χ1v) is 10.5. The summed E-state index contributed by atoms with van der Waals surface area (Å²) in [5, 5.41) is 0. The molecule has 0 spiro atoms. The first kappa shape index (κ1) is 22.1. The average molecular weight is 367 g/mol. The Hall–Kier alpha value is -0.160. The zero-order chi connectivity index (χ0) is 20.3. The molecule has 2 heterocycles. The standard InChI is InChI=1S/C22H46N4/c1-18(2)11-16(12-19(3,4)25(18)9)22(24,15-23)17-13-20(5,6)26(10)21(7,8)14-17/h16-17H,11-15,23-24H2,1-10H3. The van der Waals surface area contributed by atoms with Gasteiger partial charge in [0.15, 0.2) is 0 Å². The van der Waals surface area contributed by atoms with Crippen molar-refractivity contribution in [3.63, 3.8) is 0 Å². The highest BCUT2D eigenvalue weighted by Gasteiger charge is 2.55. The van der Waals surface area contributed by atoms with Crippen LogP contribution in [0.15, 0.2) is 0 Å². The van der Waals surface area contributed by atoms with Crippen molar-refractivity contribution in [3.05, 3.63) is 0 Å². The summed E-state index contributed by atoms with van der Waals surface area (Å²) in [5.41, 5.74) is 14.0. The molecule has 0 aliphatic carbocycles. The van der Waals surface area contributed by atoms with Crippen molar-refractivity contribution in [1.82, 2.24) is 9.80 Å². The minimum Gasteiger partial charge on any atom is -0.329 e. The van der Waals surface area contributed by atoms with E-state index in [2.05, 4.69) is 79.3 Å². The van der Waals surface area contributed by atoms with E-state index in [1.54, 1.807) is 0 Å². The fourth-order valence-corrected chi connectivity index (χ4v) is 6.17. The minimum absolute atomic E-state index is 0.142. The van der Waals surface area contributed by atoms with Gasteiger partial charge in [-0.05, 0) is 107 Å². The zero-order valence-electron chi connectivity index (χ0n) is 19.2. The summed E-state index contributed by atoms with van der Waals surface area (Å²) in [4.78, 5) is 5.08. The second kappa shape index (κ2) is 6.43. The number of likely N-dealkylation sites (tertiary alicyclic amines) is 2. The predicted molar refractivity (Wildman–Crippen MR) is 113 cm³/mol. The summed E-state index contributed by atoms with van der Waals surface area (Å²) < 4.78 is 0. The molecule has 4 nitrogen and oxygen atoms in total. The van der Waals surface area contributed by atoms with Crippen molar-refractivity contribution in [1.29, 1.82) is 0 Å². The van der Waals surface area contributed by atoms with E-state index < -0.39 is 0 Å². The first-order chi connectivity index (χ1) is 11.5. The maximum absolute atomic E-state index is 7.26. The molecule has 0 amide bonds. The second-order valence-corrected chi connectivity index (χ2v) is 11.9. The Morgan fingerprint density at radius 2 is 0.923 bits per heavy atom. The average Bonchev–Trinajstić information content (AvgIpc) is 2.48. The van der Waals surface area contributed by atoms with Crippen molar-refractivity contribution in [2.45, 2.75) is 109 Å². The molecule has 2 rings (SSSR count). The van der Waals surface area contributed by atoms with Crippen LogP contribution in [0.1, 0.15) is 81.1 Å². The molecule has 0 aromatic carbocycles. The van der Waals surface area contributed by atoms with Crippen LogP contribution in [0.3, 0.4) is 0 Å². The first-order valence-electron chi connectivity index (χ1n) is 10.5. The van der Waals surface area contributed by atoms with E-state index >= 15 is 0 Å². The van der Waals surface area contributed by atoms with Gasteiger partial charge in [-0.15, -0.1) is 0 Å². The number of nitrogens with two attached hydrogens (primary N) is 2. The summed E-state index contributed by atoms with van der Waals surface area (Å²) in [6.45, 7) is 19.5. The van der Waals surface area contributed by atoms with Crippen LogP contribution >= 0.6 is 0 Å². The molecule has 2 fully saturated rings. The van der Waals surface area contributed by atoms with Crippen LogP contribution in [0.2, 0.25) is 0 Å². The highest BCUT2D eigenvalue weighted by molar-refractivity contribution is 5.12. The van der Waals surface area contributed by atoms with Gasteiger partial charge in [0.05, 0.1) is 0 Å². The molecule has 4 N–H and O–H groups in total. The van der Waals surface area contributed by atoms with E-state index in [1.807, 2.05) is 0 Å². The molecule has 2 saturated heterocycles. The fourth-order valence-electron chi connectivity index (χ4n) is 6.17. The quantitative estimate of drug-likeness (QED) is 0.803. The van der Waals surface area contributed by atoms with E-state index in [-0.39, 0.29) is 27.7 Å². The van der Waals surface area contributed by atoms with Crippen molar-refractivity contribution < 1.29 is 0 Å². The molecule has 2 aliphatic heterocycles.